The minimum absolute atomic E-state index is 0.0310. The summed E-state index contributed by atoms with van der Waals surface area (Å²) in [5.41, 5.74) is 6.95. The second-order valence-electron chi connectivity index (χ2n) is 4.79. The number of ether oxygens (including phenoxy) is 1. The molecule has 1 unspecified atom stereocenters. The SMILES string of the molecule is COc1cccc(CC(C)(N)C(=O)c2ccsc2)c1. The molecule has 0 aliphatic rings. The van der Waals surface area contributed by atoms with E-state index in [-0.39, 0.29) is 5.78 Å². The molecule has 0 saturated carbocycles. The molecule has 0 fully saturated rings. The number of benzene rings is 1. The molecule has 0 saturated heterocycles. The van der Waals surface area contributed by atoms with Crippen LogP contribution in [-0.4, -0.2) is 18.4 Å². The number of nitrogens with two attached hydrogens (primary N) is 1. The molecule has 3 nitrogen and oxygen atoms in total. The lowest BCUT2D eigenvalue weighted by Gasteiger charge is -2.23. The second kappa shape index (κ2) is 5.55. The van der Waals surface area contributed by atoms with Crippen molar-refractivity contribution in [2.45, 2.75) is 18.9 Å². The predicted molar refractivity (Wildman–Crippen MR) is 77.9 cm³/mol. The Labute approximate surface area is 117 Å². The highest BCUT2D eigenvalue weighted by Gasteiger charge is 2.29. The van der Waals surface area contributed by atoms with Crippen LogP contribution in [0.5, 0.6) is 5.75 Å². The Morgan fingerprint density at radius 1 is 1.42 bits per heavy atom. The Morgan fingerprint density at radius 3 is 2.84 bits per heavy atom. The third kappa shape index (κ3) is 3.22. The van der Waals surface area contributed by atoms with Gasteiger partial charge in [0.25, 0.3) is 0 Å². The number of rotatable bonds is 5. The van der Waals surface area contributed by atoms with Crippen molar-refractivity contribution < 1.29 is 9.53 Å². The van der Waals surface area contributed by atoms with Gasteiger partial charge in [0.15, 0.2) is 5.78 Å². The summed E-state index contributed by atoms with van der Waals surface area (Å²) in [6.07, 6.45) is 0.485. The lowest BCUT2D eigenvalue weighted by Crippen LogP contribution is -2.46. The summed E-state index contributed by atoms with van der Waals surface area (Å²) in [7, 11) is 1.62. The first-order valence-electron chi connectivity index (χ1n) is 6.02. The summed E-state index contributed by atoms with van der Waals surface area (Å²) in [4.78, 5) is 12.3. The average molecular weight is 275 g/mol. The van der Waals surface area contributed by atoms with Gasteiger partial charge in [-0.3, -0.25) is 4.79 Å². The van der Waals surface area contributed by atoms with Crippen molar-refractivity contribution in [3.05, 3.63) is 52.2 Å². The Bertz CT molecular complexity index is 561. The first kappa shape index (κ1) is 13.8. The summed E-state index contributed by atoms with van der Waals surface area (Å²) in [6.45, 7) is 1.77. The van der Waals surface area contributed by atoms with Gasteiger partial charge in [0.1, 0.15) is 5.75 Å². The Morgan fingerprint density at radius 2 is 2.21 bits per heavy atom. The molecular weight excluding hydrogens is 258 g/mol. The normalized spacial score (nSPS) is 13.8. The van der Waals surface area contributed by atoms with E-state index in [2.05, 4.69) is 0 Å². The van der Waals surface area contributed by atoms with Gasteiger partial charge >= 0.3 is 0 Å². The van der Waals surface area contributed by atoms with Crippen molar-refractivity contribution in [2.24, 2.45) is 5.73 Å². The zero-order chi connectivity index (χ0) is 13.9. The van der Waals surface area contributed by atoms with Crippen LogP contribution in [0.3, 0.4) is 0 Å². The maximum absolute atomic E-state index is 12.3. The quantitative estimate of drug-likeness (QED) is 0.854. The summed E-state index contributed by atoms with van der Waals surface area (Å²) < 4.78 is 5.18. The molecule has 4 heteroatoms. The molecule has 0 radical (unpaired) electrons. The van der Waals surface area contributed by atoms with Crippen molar-refractivity contribution in [1.29, 1.82) is 0 Å². The fourth-order valence-electron chi connectivity index (χ4n) is 2.01. The van der Waals surface area contributed by atoms with Gasteiger partial charge in [-0.25, -0.2) is 0 Å². The zero-order valence-electron chi connectivity index (χ0n) is 11.1. The van der Waals surface area contributed by atoms with Crippen LogP contribution in [0.1, 0.15) is 22.8 Å². The molecule has 0 aliphatic carbocycles. The van der Waals surface area contributed by atoms with Gasteiger partial charge < -0.3 is 10.5 Å². The van der Waals surface area contributed by atoms with E-state index in [1.165, 1.54) is 11.3 Å². The van der Waals surface area contributed by atoms with Crippen LogP contribution >= 0.6 is 11.3 Å². The number of hydrogen-bond donors (Lipinski definition) is 1. The molecule has 19 heavy (non-hydrogen) atoms. The van der Waals surface area contributed by atoms with Crippen LogP contribution in [0.2, 0.25) is 0 Å². The molecule has 0 bridgehead atoms. The Kier molecular flexibility index (Phi) is 4.02. The van der Waals surface area contributed by atoms with Crippen LogP contribution in [0, 0.1) is 0 Å². The molecular formula is C15H17NO2S. The Balaban J connectivity index is 2.18. The number of Topliss-reactive ketones (excluding diaryl/α,β-unsaturated/α-hetero) is 1. The van der Waals surface area contributed by atoms with Gasteiger partial charge in [-0.1, -0.05) is 12.1 Å². The van der Waals surface area contributed by atoms with E-state index in [0.29, 0.717) is 12.0 Å². The van der Waals surface area contributed by atoms with Gasteiger partial charge in [0.05, 0.1) is 12.6 Å². The monoisotopic (exact) mass is 275 g/mol. The van der Waals surface area contributed by atoms with Crippen LogP contribution in [0.25, 0.3) is 0 Å². The van der Waals surface area contributed by atoms with E-state index >= 15 is 0 Å². The summed E-state index contributed by atoms with van der Waals surface area (Å²) in [5, 5.41) is 3.72. The van der Waals surface area contributed by atoms with Crippen LogP contribution < -0.4 is 10.5 Å². The summed E-state index contributed by atoms with van der Waals surface area (Å²) in [5.74, 6) is 0.743. The van der Waals surface area contributed by atoms with Gasteiger partial charge in [-0.05, 0) is 42.5 Å². The van der Waals surface area contributed by atoms with Gasteiger partial charge in [0, 0.05) is 10.9 Å². The van der Waals surface area contributed by atoms with E-state index in [0.717, 1.165) is 11.3 Å². The number of thiophene rings is 1. The number of hydrogen-bond acceptors (Lipinski definition) is 4. The second-order valence-corrected chi connectivity index (χ2v) is 5.57. The van der Waals surface area contributed by atoms with E-state index < -0.39 is 5.54 Å². The van der Waals surface area contributed by atoms with Crippen LogP contribution in [-0.2, 0) is 6.42 Å². The molecule has 2 N–H and O–H groups in total. The van der Waals surface area contributed by atoms with Gasteiger partial charge in [-0.15, -0.1) is 0 Å². The van der Waals surface area contributed by atoms with E-state index in [1.54, 1.807) is 14.0 Å². The lowest BCUT2D eigenvalue weighted by molar-refractivity contribution is 0.0901. The van der Waals surface area contributed by atoms with Crippen molar-refractivity contribution >= 4 is 17.1 Å². The highest BCUT2D eigenvalue weighted by Crippen LogP contribution is 2.21. The fourth-order valence-corrected chi connectivity index (χ4v) is 2.65. The third-order valence-electron chi connectivity index (χ3n) is 3.01. The maximum atomic E-state index is 12.3. The summed E-state index contributed by atoms with van der Waals surface area (Å²) >= 11 is 1.50. The molecule has 1 aromatic heterocycles. The van der Waals surface area contributed by atoms with Crippen molar-refractivity contribution in [1.82, 2.24) is 0 Å². The van der Waals surface area contributed by atoms with Crippen molar-refractivity contribution in [2.75, 3.05) is 7.11 Å². The molecule has 2 rings (SSSR count). The zero-order valence-corrected chi connectivity index (χ0v) is 11.9. The van der Waals surface area contributed by atoms with Crippen LogP contribution in [0.4, 0.5) is 0 Å². The highest BCUT2D eigenvalue weighted by atomic mass is 32.1. The molecule has 2 aromatic rings. The highest BCUT2D eigenvalue weighted by molar-refractivity contribution is 7.08. The first-order valence-corrected chi connectivity index (χ1v) is 6.96. The fraction of sp³-hybridized carbons (Fsp3) is 0.267. The molecule has 0 amide bonds. The van der Waals surface area contributed by atoms with Gasteiger partial charge in [0.2, 0.25) is 0 Å². The standard InChI is InChI=1S/C15H17NO2S/c1-15(16,14(17)12-6-7-19-10-12)9-11-4-3-5-13(8-11)18-2/h3-8,10H,9,16H2,1-2H3. The van der Waals surface area contributed by atoms with Crippen LogP contribution in [0.15, 0.2) is 41.1 Å². The minimum Gasteiger partial charge on any atom is -0.497 e. The molecule has 1 aromatic carbocycles. The first-order chi connectivity index (χ1) is 9.03. The van der Waals surface area contributed by atoms with Crippen molar-refractivity contribution in [3.63, 3.8) is 0 Å². The number of ketones is 1. The van der Waals surface area contributed by atoms with E-state index in [9.17, 15) is 4.79 Å². The smallest absolute Gasteiger partial charge is 0.183 e. The van der Waals surface area contributed by atoms with Gasteiger partial charge in [-0.2, -0.15) is 11.3 Å². The molecule has 1 heterocycles. The molecule has 0 spiro atoms. The number of carbonyl (C=O) groups is 1. The maximum Gasteiger partial charge on any atom is 0.183 e. The largest absolute Gasteiger partial charge is 0.497 e. The van der Waals surface area contributed by atoms with E-state index in [1.807, 2.05) is 41.1 Å². The number of methoxy groups -OCH3 is 1. The van der Waals surface area contributed by atoms with E-state index in [4.69, 9.17) is 10.5 Å². The predicted octanol–water partition coefficient (Wildman–Crippen LogP) is 2.90. The Hall–Kier alpha value is -1.65. The molecule has 1 atom stereocenters. The average Bonchev–Trinajstić information content (AvgIpc) is 2.91. The molecule has 100 valence electrons. The van der Waals surface area contributed by atoms with Crippen molar-refractivity contribution in [3.8, 4) is 5.75 Å². The summed E-state index contributed by atoms with van der Waals surface area (Å²) in [6, 6.07) is 9.45. The number of carbonyl (C=O) groups excluding carboxylic acids is 1. The molecule has 0 aliphatic heterocycles. The lowest BCUT2D eigenvalue weighted by atomic mass is 9.87. The minimum atomic E-state index is -0.909. The topological polar surface area (TPSA) is 52.3 Å². The third-order valence-corrected chi connectivity index (χ3v) is 3.69.